The van der Waals surface area contributed by atoms with Crippen molar-refractivity contribution in [3.8, 4) is 0 Å². The number of hydrogen-bond acceptors (Lipinski definition) is 4. The molecule has 0 aromatic rings. The third-order valence-electron chi connectivity index (χ3n) is 12.8. The first-order valence-corrected chi connectivity index (χ1v) is 15.3. The van der Waals surface area contributed by atoms with Crippen molar-refractivity contribution in [1.29, 1.82) is 0 Å². The molecule has 0 spiro atoms. The van der Waals surface area contributed by atoms with Crippen LogP contribution >= 0.6 is 0 Å². The first-order chi connectivity index (χ1) is 16.7. The zero-order chi connectivity index (χ0) is 26.3. The summed E-state index contributed by atoms with van der Waals surface area (Å²) < 4.78 is 12.9. The molecule has 2 unspecified atom stereocenters. The molecule has 4 heteroatoms. The van der Waals surface area contributed by atoms with Gasteiger partial charge in [-0.3, -0.25) is 4.79 Å². The molecule has 0 aromatic carbocycles. The average Bonchev–Trinajstić information content (AvgIpc) is 3.25. The number of esters is 1. The van der Waals surface area contributed by atoms with Crippen molar-refractivity contribution < 1.29 is 19.4 Å². The van der Waals surface area contributed by atoms with Gasteiger partial charge in [0.25, 0.3) is 0 Å². The van der Waals surface area contributed by atoms with Gasteiger partial charge < -0.3 is 14.6 Å². The Bertz CT molecular complexity index is 864. The second-order valence-corrected chi connectivity index (χ2v) is 15.5. The fraction of sp³-hybridized carbons (Fsp3) is 0.969. The van der Waals surface area contributed by atoms with Crippen LogP contribution < -0.4 is 0 Å². The highest BCUT2D eigenvalue weighted by Gasteiger charge is 2.68. The largest absolute Gasteiger partial charge is 0.462 e. The number of aliphatic hydroxyl groups is 1. The van der Waals surface area contributed by atoms with Gasteiger partial charge in [0.2, 0.25) is 0 Å². The Hall–Kier alpha value is -0.610. The lowest BCUT2D eigenvalue weighted by Gasteiger charge is -2.68. The smallest absolute Gasteiger partial charge is 0.305 e. The predicted octanol–water partition coefficient (Wildman–Crippen LogP) is 7.31. The van der Waals surface area contributed by atoms with Gasteiger partial charge in [0.05, 0.1) is 17.3 Å². The highest BCUT2D eigenvalue weighted by atomic mass is 16.5. The van der Waals surface area contributed by atoms with Crippen molar-refractivity contribution in [3.05, 3.63) is 0 Å². The molecule has 4 saturated carbocycles. The van der Waals surface area contributed by atoms with E-state index in [0.29, 0.717) is 36.0 Å². The van der Waals surface area contributed by atoms with Crippen LogP contribution in [0.4, 0.5) is 0 Å². The quantitative estimate of drug-likeness (QED) is 0.411. The van der Waals surface area contributed by atoms with Gasteiger partial charge in [-0.1, -0.05) is 34.6 Å². The Morgan fingerprint density at radius 3 is 2.19 bits per heavy atom. The summed E-state index contributed by atoms with van der Waals surface area (Å²) in [4.78, 5) is 12.2. The molecule has 4 aliphatic carbocycles. The Morgan fingerprint density at radius 1 is 0.861 bits per heavy atom. The summed E-state index contributed by atoms with van der Waals surface area (Å²) in [5.41, 5.74) is 0.244. The molecule has 1 heterocycles. The fourth-order valence-electron chi connectivity index (χ4n) is 11.3. The average molecular weight is 503 g/mol. The van der Waals surface area contributed by atoms with Gasteiger partial charge in [-0.25, -0.2) is 0 Å². The molecule has 206 valence electrons. The molecule has 36 heavy (non-hydrogen) atoms. The standard InChI is InChI=1S/C32H54O4/c1-9-26(34)35-25-14-18-31(7)23(29(25,4)5)13-17-30(6)20-11-12-21(27(20)22(33)19-24(30)31)32(8)16-10-15-28(2,3)36-32/h20-25,27,33H,9-19H2,1-8H3/t20?,21-,22+,23?,24-,25-,27-,30-,31-,32+/m0/s1. The third kappa shape index (κ3) is 3.93. The van der Waals surface area contributed by atoms with E-state index < -0.39 is 0 Å². The van der Waals surface area contributed by atoms with E-state index in [1.165, 1.54) is 32.1 Å². The molecule has 1 saturated heterocycles. The molecule has 5 fully saturated rings. The Labute approximate surface area is 220 Å². The van der Waals surface area contributed by atoms with E-state index in [-0.39, 0.29) is 45.6 Å². The number of ether oxygens (including phenoxy) is 2. The summed E-state index contributed by atoms with van der Waals surface area (Å²) in [6.07, 6.45) is 11.6. The SMILES string of the molecule is CCC(=O)O[C@H]1CC[C@@]2(C)C(CC[C@@]3(C)C4CC[C@H]([C@@]5(C)CCCC(C)(C)O5)[C@H]4[C@H](O)C[C@@H]32)C1(C)C. The lowest BCUT2D eigenvalue weighted by atomic mass is 9.38. The molecule has 1 N–H and O–H groups in total. The molecule has 1 aliphatic heterocycles. The summed E-state index contributed by atoms with van der Waals surface area (Å²) in [5.74, 6) is 2.39. The Balaban J connectivity index is 1.42. The maximum atomic E-state index is 12.2. The van der Waals surface area contributed by atoms with Gasteiger partial charge >= 0.3 is 5.97 Å². The van der Waals surface area contributed by atoms with Crippen LogP contribution in [0.3, 0.4) is 0 Å². The molecule has 5 rings (SSSR count). The van der Waals surface area contributed by atoms with E-state index in [0.717, 1.165) is 32.1 Å². The molecule has 0 amide bonds. The van der Waals surface area contributed by atoms with Gasteiger partial charge in [0.1, 0.15) is 6.10 Å². The minimum atomic E-state index is -0.236. The van der Waals surface area contributed by atoms with Gasteiger partial charge in [-0.05, 0) is 125 Å². The topological polar surface area (TPSA) is 55.8 Å². The molecule has 10 atom stereocenters. The summed E-state index contributed by atoms with van der Waals surface area (Å²) >= 11 is 0. The lowest BCUT2D eigenvalue weighted by molar-refractivity contribution is -0.238. The molecule has 0 aromatic heterocycles. The number of carbonyl (C=O) groups is 1. The van der Waals surface area contributed by atoms with Crippen molar-refractivity contribution in [2.45, 2.75) is 149 Å². The van der Waals surface area contributed by atoms with Crippen LogP contribution in [-0.2, 0) is 14.3 Å². The molecular formula is C32H54O4. The first kappa shape index (κ1) is 27.0. The maximum absolute atomic E-state index is 12.2. The molecule has 0 radical (unpaired) electrons. The lowest BCUT2D eigenvalue weighted by Crippen LogP contribution is -2.64. The van der Waals surface area contributed by atoms with Gasteiger partial charge in [0, 0.05) is 11.8 Å². The molecule has 4 nitrogen and oxygen atoms in total. The molecular weight excluding hydrogens is 448 g/mol. The zero-order valence-corrected chi connectivity index (χ0v) is 24.5. The number of fused-ring (bicyclic) bond motifs is 5. The highest BCUT2D eigenvalue weighted by molar-refractivity contribution is 5.69. The van der Waals surface area contributed by atoms with Crippen LogP contribution in [-0.4, -0.2) is 34.5 Å². The normalized spacial score (nSPS) is 51.5. The Kier molecular flexibility index (Phi) is 6.52. The van der Waals surface area contributed by atoms with Crippen LogP contribution in [0.25, 0.3) is 0 Å². The molecule has 5 aliphatic rings. The predicted molar refractivity (Wildman–Crippen MR) is 143 cm³/mol. The van der Waals surface area contributed by atoms with E-state index >= 15 is 0 Å². The minimum Gasteiger partial charge on any atom is -0.462 e. The summed E-state index contributed by atoms with van der Waals surface area (Å²) in [7, 11) is 0. The third-order valence-corrected chi connectivity index (χ3v) is 12.8. The molecule has 0 bridgehead atoms. The van der Waals surface area contributed by atoms with E-state index in [4.69, 9.17) is 9.47 Å². The van der Waals surface area contributed by atoms with E-state index in [1.807, 2.05) is 6.92 Å². The second-order valence-electron chi connectivity index (χ2n) is 15.5. The van der Waals surface area contributed by atoms with Crippen molar-refractivity contribution in [2.75, 3.05) is 0 Å². The van der Waals surface area contributed by atoms with Crippen molar-refractivity contribution in [2.24, 2.45) is 45.8 Å². The van der Waals surface area contributed by atoms with Crippen LogP contribution in [0.15, 0.2) is 0 Å². The van der Waals surface area contributed by atoms with Crippen LogP contribution in [0.5, 0.6) is 0 Å². The number of carbonyl (C=O) groups excluding carboxylic acids is 1. The van der Waals surface area contributed by atoms with Crippen LogP contribution in [0.2, 0.25) is 0 Å². The fourth-order valence-corrected chi connectivity index (χ4v) is 11.3. The Morgan fingerprint density at radius 2 is 1.53 bits per heavy atom. The van der Waals surface area contributed by atoms with Crippen molar-refractivity contribution >= 4 is 5.97 Å². The van der Waals surface area contributed by atoms with E-state index in [9.17, 15) is 9.90 Å². The number of rotatable bonds is 3. The minimum absolute atomic E-state index is 0.0104. The van der Waals surface area contributed by atoms with Crippen LogP contribution in [0, 0.1) is 45.8 Å². The summed E-state index contributed by atoms with van der Waals surface area (Å²) in [6.45, 7) is 18.6. The zero-order valence-electron chi connectivity index (χ0n) is 24.5. The van der Waals surface area contributed by atoms with Crippen molar-refractivity contribution in [3.63, 3.8) is 0 Å². The maximum Gasteiger partial charge on any atom is 0.305 e. The van der Waals surface area contributed by atoms with E-state index in [2.05, 4.69) is 48.5 Å². The van der Waals surface area contributed by atoms with Gasteiger partial charge in [-0.15, -0.1) is 0 Å². The van der Waals surface area contributed by atoms with Gasteiger partial charge in [-0.2, -0.15) is 0 Å². The highest BCUT2D eigenvalue weighted by Crippen LogP contribution is 2.72. The number of hydrogen-bond donors (Lipinski definition) is 1. The van der Waals surface area contributed by atoms with Gasteiger partial charge in [0.15, 0.2) is 0 Å². The van der Waals surface area contributed by atoms with Crippen molar-refractivity contribution in [1.82, 2.24) is 0 Å². The number of aliphatic hydroxyl groups excluding tert-OH is 1. The first-order valence-electron chi connectivity index (χ1n) is 15.3. The monoisotopic (exact) mass is 502 g/mol. The van der Waals surface area contributed by atoms with E-state index in [1.54, 1.807) is 0 Å². The van der Waals surface area contributed by atoms with Crippen LogP contribution in [0.1, 0.15) is 126 Å². The summed E-state index contributed by atoms with van der Waals surface area (Å²) in [5, 5.41) is 11.9. The second kappa shape index (κ2) is 8.70. The summed E-state index contributed by atoms with van der Waals surface area (Å²) in [6, 6.07) is 0.